The lowest BCUT2D eigenvalue weighted by molar-refractivity contribution is -0.150. The first kappa shape index (κ1) is 15.6. The molecule has 1 aromatic rings. The molecule has 0 aromatic heterocycles. The molecule has 1 N–H and O–H groups in total. The van der Waals surface area contributed by atoms with Crippen LogP contribution >= 0.6 is 0 Å². The molecule has 1 aliphatic heterocycles. The Bertz CT molecular complexity index is 619. The van der Waals surface area contributed by atoms with E-state index in [4.69, 9.17) is 14.2 Å². The Labute approximate surface area is 135 Å². The van der Waals surface area contributed by atoms with Crippen molar-refractivity contribution in [3.8, 4) is 11.5 Å². The van der Waals surface area contributed by atoms with Crippen LogP contribution in [0.3, 0.4) is 0 Å². The van der Waals surface area contributed by atoms with Crippen LogP contribution in [0.5, 0.6) is 11.5 Å². The van der Waals surface area contributed by atoms with Gasteiger partial charge in [0, 0.05) is 24.6 Å². The highest BCUT2D eigenvalue weighted by Gasteiger charge is 2.44. The van der Waals surface area contributed by atoms with Crippen LogP contribution in [-0.4, -0.2) is 24.3 Å². The molecule has 1 amide bonds. The van der Waals surface area contributed by atoms with E-state index in [0.717, 1.165) is 25.7 Å². The normalized spacial score (nSPS) is 17.5. The Hall–Kier alpha value is -2.24. The van der Waals surface area contributed by atoms with Gasteiger partial charge in [0.25, 0.3) is 11.7 Å². The average Bonchev–Trinajstić information content (AvgIpc) is 3.10. The lowest BCUT2D eigenvalue weighted by Gasteiger charge is -2.21. The van der Waals surface area contributed by atoms with Crippen LogP contribution in [0, 0.1) is 5.92 Å². The summed E-state index contributed by atoms with van der Waals surface area (Å²) in [5.41, 5.74) is 0.591. The predicted octanol–water partition coefficient (Wildman–Crippen LogP) is 2.87. The Kier molecular flexibility index (Phi) is 4.15. The summed E-state index contributed by atoms with van der Waals surface area (Å²) in [7, 11) is 0. The molecule has 1 saturated carbocycles. The number of anilines is 1. The van der Waals surface area contributed by atoms with Gasteiger partial charge in [0.2, 0.25) is 0 Å². The van der Waals surface area contributed by atoms with Crippen molar-refractivity contribution in [2.75, 3.05) is 11.9 Å². The quantitative estimate of drug-likeness (QED) is 0.864. The van der Waals surface area contributed by atoms with E-state index in [2.05, 4.69) is 5.32 Å². The summed E-state index contributed by atoms with van der Waals surface area (Å²) in [6.07, 6.45) is 3.96. The molecule has 0 bridgehead atoms. The minimum Gasteiger partial charge on any atom is -0.455 e. The van der Waals surface area contributed by atoms with Crippen LogP contribution < -0.4 is 14.8 Å². The molecule has 6 nitrogen and oxygen atoms in total. The molecule has 1 aliphatic carbocycles. The molecule has 0 saturated heterocycles. The van der Waals surface area contributed by atoms with E-state index >= 15 is 0 Å². The van der Waals surface area contributed by atoms with E-state index < -0.39 is 11.8 Å². The number of benzene rings is 1. The number of carbonyl (C=O) groups is 2. The molecule has 6 heteroatoms. The van der Waals surface area contributed by atoms with Gasteiger partial charge in [-0.1, -0.05) is 13.8 Å². The molecule has 23 heavy (non-hydrogen) atoms. The smallest absolute Gasteiger partial charge is 0.308 e. The van der Waals surface area contributed by atoms with Crippen molar-refractivity contribution in [3.63, 3.8) is 0 Å². The molecule has 1 fully saturated rings. The van der Waals surface area contributed by atoms with Crippen molar-refractivity contribution < 1.29 is 23.8 Å². The van der Waals surface area contributed by atoms with Gasteiger partial charge in [-0.05, 0) is 25.0 Å². The lowest BCUT2D eigenvalue weighted by Crippen LogP contribution is -2.34. The second-order valence-corrected chi connectivity index (χ2v) is 6.29. The third kappa shape index (κ3) is 3.41. The van der Waals surface area contributed by atoms with Crippen molar-refractivity contribution >= 4 is 17.6 Å². The molecule has 1 heterocycles. The first-order chi connectivity index (χ1) is 11.0. The SMILES string of the molecule is CC(C)C(=O)OCC(=O)Nc1ccc2c(c1)OC1(CCCC1)O2. The molecule has 1 aromatic carbocycles. The lowest BCUT2D eigenvalue weighted by atomic mass is 10.2. The number of fused-ring (bicyclic) bond motifs is 1. The Balaban J connectivity index is 1.58. The number of hydrogen-bond donors (Lipinski definition) is 1. The van der Waals surface area contributed by atoms with Crippen LogP contribution in [0.2, 0.25) is 0 Å². The zero-order valence-electron chi connectivity index (χ0n) is 13.4. The average molecular weight is 319 g/mol. The Morgan fingerprint density at radius 2 is 1.91 bits per heavy atom. The highest BCUT2D eigenvalue weighted by atomic mass is 16.7. The first-order valence-corrected chi connectivity index (χ1v) is 7.96. The van der Waals surface area contributed by atoms with E-state index in [9.17, 15) is 9.59 Å². The van der Waals surface area contributed by atoms with Gasteiger partial charge in [0.1, 0.15) is 0 Å². The van der Waals surface area contributed by atoms with Crippen LogP contribution in [0.15, 0.2) is 18.2 Å². The summed E-state index contributed by atoms with van der Waals surface area (Å²) in [4.78, 5) is 23.2. The fourth-order valence-electron chi connectivity index (χ4n) is 2.79. The molecular formula is C17H21NO5. The van der Waals surface area contributed by atoms with Gasteiger partial charge in [-0.25, -0.2) is 0 Å². The maximum Gasteiger partial charge on any atom is 0.308 e. The summed E-state index contributed by atoms with van der Waals surface area (Å²) in [6.45, 7) is 3.14. The van der Waals surface area contributed by atoms with E-state index in [1.165, 1.54) is 0 Å². The van der Waals surface area contributed by atoms with E-state index in [1.54, 1.807) is 32.0 Å². The van der Waals surface area contributed by atoms with Crippen molar-refractivity contribution in [1.82, 2.24) is 0 Å². The minimum absolute atomic E-state index is 0.254. The first-order valence-electron chi connectivity index (χ1n) is 7.96. The van der Waals surface area contributed by atoms with Crippen LogP contribution in [0.4, 0.5) is 5.69 Å². The summed E-state index contributed by atoms with van der Waals surface area (Å²) >= 11 is 0. The number of rotatable bonds is 4. The number of carbonyl (C=O) groups excluding carboxylic acids is 2. The second kappa shape index (κ2) is 6.10. The summed E-state index contributed by atoms with van der Waals surface area (Å²) in [5.74, 6) is -0.198. The molecule has 124 valence electrons. The molecule has 3 rings (SSSR count). The fourth-order valence-corrected chi connectivity index (χ4v) is 2.79. The molecule has 0 unspecified atom stereocenters. The summed E-state index contributed by atoms with van der Waals surface area (Å²) in [6, 6.07) is 5.28. The molecule has 1 spiro atoms. The van der Waals surface area contributed by atoms with Gasteiger partial charge in [0.15, 0.2) is 18.1 Å². The summed E-state index contributed by atoms with van der Waals surface area (Å²) < 4.78 is 16.8. The van der Waals surface area contributed by atoms with Gasteiger partial charge < -0.3 is 19.5 Å². The number of nitrogens with one attached hydrogen (secondary N) is 1. The van der Waals surface area contributed by atoms with E-state index in [-0.39, 0.29) is 18.4 Å². The maximum atomic E-state index is 11.8. The van der Waals surface area contributed by atoms with Gasteiger partial charge in [0.05, 0.1) is 5.92 Å². The van der Waals surface area contributed by atoms with Crippen molar-refractivity contribution in [3.05, 3.63) is 18.2 Å². The highest BCUT2D eigenvalue weighted by molar-refractivity contribution is 5.93. The summed E-state index contributed by atoms with van der Waals surface area (Å²) in [5, 5.41) is 2.69. The molecule has 0 atom stereocenters. The topological polar surface area (TPSA) is 73.9 Å². The standard InChI is InChI=1S/C17H21NO5/c1-11(2)16(20)21-10-15(19)18-12-5-6-13-14(9-12)23-17(22-13)7-3-4-8-17/h5-6,9,11H,3-4,7-8,10H2,1-2H3,(H,18,19). The third-order valence-electron chi connectivity index (χ3n) is 4.00. The minimum atomic E-state index is -0.516. The molecule has 0 radical (unpaired) electrons. The number of esters is 1. The van der Waals surface area contributed by atoms with Gasteiger partial charge in [-0.15, -0.1) is 0 Å². The third-order valence-corrected chi connectivity index (χ3v) is 4.00. The number of hydrogen-bond acceptors (Lipinski definition) is 5. The monoisotopic (exact) mass is 319 g/mol. The van der Waals surface area contributed by atoms with Gasteiger partial charge in [-0.2, -0.15) is 0 Å². The van der Waals surface area contributed by atoms with Crippen molar-refractivity contribution in [1.29, 1.82) is 0 Å². The maximum absolute atomic E-state index is 11.8. The fraction of sp³-hybridized carbons (Fsp3) is 0.529. The Morgan fingerprint density at radius 3 is 2.61 bits per heavy atom. The second-order valence-electron chi connectivity index (χ2n) is 6.29. The predicted molar refractivity (Wildman–Crippen MR) is 83.3 cm³/mol. The molecule has 2 aliphatic rings. The number of ether oxygens (including phenoxy) is 3. The largest absolute Gasteiger partial charge is 0.455 e. The van der Waals surface area contributed by atoms with E-state index in [0.29, 0.717) is 17.2 Å². The zero-order chi connectivity index (χ0) is 16.4. The molecular weight excluding hydrogens is 298 g/mol. The van der Waals surface area contributed by atoms with Crippen LogP contribution in [-0.2, 0) is 14.3 Å². The van der Waals surface area contributed by atoms with E-state index in [1.807, 2.05) is 0 Å². The van der Waals surface area contributed by atoms with Crippen molar-refractivity contribution in [2.24, 2.45) is 5.92 Å². The Morgan fingerprint density at radius 1 is 1.22 bits per heavy atom. The van der Waals surface area contributed by atoms with Gasteiger partial charge >= 0.3 is 5.97 Å². The van der Waals surface area contributed by atoms with Crippen LogP contribution in [0.1, 0.15) is 39.5 Å². The number of amides is 1. The van der Waals surface area contributed by atoms with Crippen molar-refractivity contribution in [2.45, 2.75) is 45.3 Å². The zero-order valence-corrected chi connectivity index (χ0v) is 13.4. The van der Waals surface area contributed by atoms with Crippen LogP contribution in [0.25, 0.3) is 0 Å². The highest BCUT2D eigenvalue weighted by Crippen LogP contribution is 2.47. The van der Waals surface area contributed by atoms with Gasteiger partial charge in [-0.3, -0.25) is 9.59 Å².